The summed E-state index contributed by atoms with van der Waals surface area (Å²) in [5, 5.41) is 0. The summed E-state index contributed by atoms with van der Waals surface area (Å²) in [7, 11) is -9.59. The van der Waals surface area contributed by atoms with Crippen LogP contribution in [0.15, 0.2) is 0 Å². The van der Waals surface area contributed by atoms with Gasteiger partial charge in [-0.05, 0) is 0 Å². The van der Waals surface area contributed by atoms with Gasteiger partial charge in [0.15, 0.2) is 0 Å². The smallest absolute Gasteiger partial charge is 0.745 e. The van der Waals surface area contributed by atoms with E-state index >= 15 is 0 Å². The summed E-state index contributed by atoms with van der Waals surface area (Å²) < 4.78 is 52.7. The van der Waals surface area contributed by atoms with E-state index in [0.717, 1.165) is 0 Å². The van der Waals surface area contributed by atoms with Crippen molar-refractivity contribution >= 4 is 89.8 Å². The maximum Gasteiger partial charge on any atom is 2.00 e. The zero-order chi connectivity index (χ0) is 14.0. The summed E-state index contributed by atoms with van der Waals surface area (Å²) in [6.07, 6.45) is 0. The molecule has 0 saturated heterocycles. The summed E-state index contributed by atoms with van der Waals surface area (Å²) in [5.41, 5.74) is 0. The van der Waals surface area contributed by atoms with Gasteiger partial charge in [0.05, 0.1) is 0 Å². The Balaban J connectivity index is -0.000000218. The van der Waals surface area contributed by atoms with Gasteiger partial charge >= 0.3 is 19.5 Å². The van der Waals surface area contributed by atoms with Crippen molar-refractivity contribution in [3.05, 3.63) is 0 Å². The first-order valence-corrected chi connectivity index (χ1v) is 7.63. The second-order valence-electron chi connectivity index (χ2n) is 1.80. The van der Waals surface area contributed by atoms with Crippen LogP contribution in [-0.2, 0) is 39.7 Å². The Morgan fingerprint density at radius 1 is 0.647 bits per heavy atom. The van der Waals surface area contributed by atoms with Crippen molar-refractivity contribution in [2.75, 3.05) is 0 Å². The van der Waals surface area contributed by atoms with Crippen LogP contribution in [0.4, 0.5) is 0 Å². The molecule has 0 rings (SSSR count). The topological polar surface area (TPSA) is 114 Å². The van der Waals surface area contributed by atoms with Gasteiger partial charge in [-0.15, -0.1) is 0 Å². The predicted octanol–water partition coefficient (Wildman–Crippen LogP) is 1.72. The second kappa shape index (κ2) is 7.83. The number of hydrogen-bond acceptors (Lipinski definition) is 6. The molecule has 0 aromatic carbocycles. The van der Waals surface area contributed by atoms with E-state index in [1.165, 1.54) is 0 Å². The third kappa shape index (κ3) is 11.7. The van der Waals surface area contributed by atoms with E-state index in [4.69, 9.17) is 0 Å². The molecule has 0 spiro atoms. The molecule has 0 amide bonds. The summed E-state index contributed by atoms with van der Waals surface area (Å²) >= 11 is 27.8. The third-order valence-electron chi connectivity index (χ3n) is 0.567. The second-order valence-corrected chi connectivity index (χ2v) is 10.7. The number of hydrogen-bond donors (Lipinski definition) is 0. The molecule has 0 N–H and O–H groups in total. The predicted molar refractivity (Wildman–Crippen MR) is 60.0 cm³/mol. The molecule has 15 heteroatoms. The van der Waals surface area contributed by atoms with Gasteiger partial charge in [-0.2, -0.15) is 0 Å². The van der Waals surface area contributed by atoms with Crippen LogP contribution < -0.4 is 0 Å². The standard InChI is InChI=1S/2CHCl3O3S.Zn/c2*2-1(3,4)8(5,6)7;/h2*(H,5,6,7);/q;;+2/p-2. The van der Waals surface area contributed by atoms with Gasteiger partial charge in [-0.1, -0.05) is 69.6 Å². The van der Waals surface area contributed by atoms with Crippen LogP contribution in [0.5, 0.6) is 0 Å². The molecule has 0 radical (unpaired) electrons. The molecule has 0 aliphatic carbocycles. The minimum Gasteiger partial charge on any atom is -0.745 e. The fourth-order valence-electron chi connectivity index (χ4n) is 0. The molecule has 0 bridgehead atoms. The Hall–Kier alpha value is 2.18. The molecule has 100 valence electrons. The average Bonchev–Trinajstić information content (AvgIpc) is 1.77. The van der Waals surface area contributed by atoms with Gasteiger partial charge in [0, 0.05) is 0 Å². The van der Waals surface area contributed by atoms with Gasteiger partial charge in [0.1, 0.15) is 20.2 Å². The Bertz CT molecular complexity index is 374. The molecule has 0 unspecified atom stereocenters. The number of rotatable bonds is 0. The van der Waals surface area contributed by atoms with Crippen LogP contribution in [0.3, 0.4) is 0 Å². The van der Waals surface area contributed by atoms with E-state index in [1.807, 2.05) is 0 Å². The maximum atomic E-state index is 9.70. The van der Waals surface area contributed by atoms with Crippen LogP contribution in [0.2, 0.25) is 0 Å². The van der Waals surface area contributed by atoms with E-state index in [1.54, 1.807) is 0 Å². The molecule has 0 aliphatic rings. The van der Waals surface area contributed by atoms with Crippen molar-refractivity contribution in [3.8, 4) is 0 Å². The summed E-state index contributed by atoms with van der Waals surface area (Å²) in [5.74, 6) is 0. The van der Waals surface area contributed by atoms with E-state index in [-0.39, 0.29) is 19.5 Å². The number of alkyl halides is 6. The monoisotopic (exact) mass is 458 g/mol. The molecule has 0 aliphatic heterocycles. The molecule has 0 heterocycles. The zero-order valence-electron chi connectivity index (χ0n) is 7.24. The van der Waals surface area contributed by atoms with E-state index in [2.05, 4.69) is 69.6 Å². The van der Waals surface area contributed by atoms with E-state index in [0.29, 0.717) is 0 Å². The molecule has 0 aromatic rings. The van der Waals surface area contributed by atoms with Crippen LogP contribution in [0.1, 0.15) is 0 Å². The zero-order valence-corrected chi connectivity index (χ0v) is 16.4. The average molecular weight is 462 g/mol. The summed E-state index contributed by atoms with van der Waals surface area (Å²) in [6, 6.07) is 0. The van der Waals surface area contributed by atoms with Gasteiger partial charge in [0.2, 0.25) is 0 Å². The maximum absolute atomic E-state index is 9.70. The molecule has 0 saturated carbocycles. The fourth-order valence-corrected chi connectivity index (χ4v) is 0. The molecule has 6 nitrogen and oxygen atoms in total. The molecular formula is C2Cl6O6S2Zn. The first-order chi connectivity index (χ1) is 6.50. The van der Waals surface area contributed by atoms with E-state index < -0.39 is 26.5 Å². The third-order valence-corrected chi connectivity index (χ3v) is 5.10. The fraction of sp³-hybridized carbons (Fsp3) is 1.00. The van der Waals surface area contributed by atoms with Crippen LogP contribution in [-0.4, -0.2) is 32.2 Å². The van der Waals surface area contributed by atoms with Crippen molar-refractivity contribution in [2.24, 2.45) is 0 Å². The Labute approximate surface area is 140 Å². The number of halogens is 6. The van der Waals surface area contributed by atoms with Crippen molar-refractivity contribution < 1.29 is 45.4 Å². The molecule has 0 atom stereocenters. The normalized spacial score (nSPS) is 13.2. The summed E-state index contributed by atoms with van der Waals surface area (Å²) in [6.45, 7) is 0. The van der Waals surface area contributed by atoms with Crippen LogP contribution in [0, 0.1) is 0 Å². The first kappa shape index (κ1) is 24.2. The van der Waals surface area contributed by atoms with Gasteiger partial charge < -0.3 is 9.11 Å². The molecular weight excluding hydrogens is 462 g/mol. The van der Waals surface area contributed by atoms with Gasteiger partial charge in [0.25, 0.3) is 6.25 Å². The largest absolute Gasteiger partial charge is 2.00 e. The Morgan fingerprint density at radius 2 is 0.706 bits per heavy atom. The van der Waals surface area contributed by atoms with Gasteiger partial charge in [-0.3, -0.25) is 0 Å². The minimum atomic E-state index is -4.79. The molecule has 0 fully saturated rings. The van der Waals surface area contributed by atoms with Crippen molar-refractivity contribution in [1.82, 2.24) is 0 Å². The quantitative estimate of drug-likeness (QED) is 0.308. The SMILES string of the molecule is O=S(=O)([O-])C(Cl)(Cl)Cl.O=S(=O)([O-])C(Cl)(Cl)Cl.[Zn+2]. The summed E-state index contributed by atoms with van der Waals surface area (Å²) in [4.78, 5) is 0. The van der Waals surface area contributed by atoms with E-state index in [9.17, 15) is 25.9 Å². The van der Waals surface area contributed by atoms with Crippen LogP contribution in [0.25, 0.3) is 0 Å². The Morgan fingerprint density at radius 3 is 0.706 bits per heavy atom. The van der Waals surface area contributed by atoms with Crippen molar-refractivity contribution in [3.63, 3.8) is 0 Å². The first-order valence-electron chi connectivity index (χ1n) is 2.54. The molecule has 0 aromatic heterocycles. The van der Waals surface area contributed by atoms with Crippen molar-refractivity contribution in [1.29, 1.82) is 0 Å². The van der Waals surface area contributed by atoms with Crippen LogP contribution >= 0.6 is 69.6 Å². The van der Waals surface area contributed by atoms with Crippen molar-refractivity contribution in [2.45, 2.75) is 6.25 Å². The minimum absolute atomic E-state index is 0. The van der Waals surface area contributed by atoms with Gasteiger partial charge in [-0.25, -0.2) is 16.8 Å². The Kier molecular flexibility index (Phi) is 11.2. The molecule has 17 heavy (non-hydrogen) atoms.